The maximum absolute atomic E-state index is 5.48. The molecule has 2 rings (SSSR count). The summed E-state index contributed by atoms with van der Waals surface area (Å²) in [6.07, 6.45) is 1.74. The monoisotopic (exact) mass is 195 g/mol. The molecule has 0 aliphatic carbocycles. The highest BCUT2D eigenvalue weighted by atomic mass is 32.1. The van der Waals surface area contributed by atoms with Gasteiger partial charge in [-0.05, 0) is 6.92 Å². The zero-order valence-electron chi connectivity index (χ0n) is 7.14. The van der Waals surface area contributed by atoms with Crippen LogP contribution in [-0.4, -0.2) is 20.0 Å². The topological polar surface area (TPSA) is 69.6 Å². The van der Waals surface area contributed by atoms with Gasteiger partial charge in [-0.3, -0.25) is 0 Å². The van der Waals surface area contributed by atoms with Gasteiger partial charge in [0, 0.05) is 18.1 Å². The normalized spacial score (nSPS) is 10.6. The Kier molecular flexibility index (Phi) is 2.07. The molecule has 0 spiro atoms. The van der Waals surface area contributed by atoms with Crippen molar-refractivity contribution in [3.8, 4) is 5.13 Å². The molecule has 13 heavy (non-hydrogen) atoms. The van der Waals surface area contributed by atoms with Crippen LogP contribution in [0, 0.1) is 6.92 Å². The first-order valence-electron chi connectivity index (χ1n) is 3.84. The molecule has 0 amide bonds. The summed E-state index contributed by atoms with van der Waals surface area (Å²) in [6, 6.07) is 0. The first kappa shape index (κ1) is 8.33. The van der Waals surface area contributed by atoms with E-state index in [2.05, 4.69) is 15.3 Å². The van der Waals surface area contributed by atoms with E-state index in [1.54, 1.807) is 10.9 Å². The Balaban J connectivity index is 2.48. The molecule has 5 nitrogen and oxygen atoms in total. The van der Waals surface area contributed by atoms with Crippen LogP contribution in [0.4, 0.5) is 0 Å². The number of nitrogens with zero attached hydrogens (tertiary/aromatic N) is 4. The number of hydrogen-bond donors (Lipinski definition) is 1. The van der Waals surface area contributed by atoms with Gasteiger partial charge in [0.2, 0.25) is 5.13 Å². The van der Waals surface area contributed by atoms with E-state index in [0.29, 0.717) is 6.54 Å². The molecule has 6 heteroatoms. The minimum Gasteiger partial charge on any atom is -0.325 e. The van der Waals surface area contributed by atoms with Crippen LogP contribution in [0.5, 0.6) is 0 Å². The summed E-state index contributed by atoms with van der Waals surface area (Å²) in [5, 5.41) is 10.6. The number of rotatable bonds is 2. The largest absolute Gasteiger partial charge is 0.325 e. The average Bonchev–Trinajstić information content (AvgIpc) is 2.72. The molecular weight excluding hydrogens is 186 g/mol. The Morgan fingerprint density at radius 2 is 2.46 bits per heavy atom. The molecule has 0 atom stereocenters. The molecule has 0 fully saturated rings. The highest BCUT2D eigenvalue weighted by Crippen LogP contribution is 2.13. The van der Waals surface area contributed by atoms with E-state index in [0.717, 1.165) is 16.5 Å². The molecule has 0 aliphatic rings. The standard InChI is InChI=1S/C7H9N5S/c1-5-6(4-8)10-11-12(5)7-9-2-3-13-7/h2-3H,4,8H2,1H3. The van der Waals surface area contributed by atoms with Crippen LogP contribution >= 0.6 is 11.3 Å². The van der Waals surface area contributed by atoms with Gasteiger partial charge in [-0.1, -0.05) is 5.21 Å². The Labute approximate surface area is 79.2 Å². The van der Waals surface area contributed by atoms with Crippen molar-refractivity contribution in [2.45, 2.75) is 13.5 Å². The van der Waals surface area contributed by atoms with Gasteiger partial charge in [0.25, 0.3) is 0 Å². The maximum atomic E-state index is 5.48. The number of nitrogens with two attached hydrogens (primary N) is 1. The molecule has 2 N–H and O–H groups in total. The Morgan fingerprint density at radius 1 is 1.62 bits per heavy atom. The predicted molar refractivity (Wildman–Crippen MR) is 49.7 cm³/mol. The highest BCUT2D eigenvalue weighted by Gasteiger charge is 2.09. The van der Waals surface area contributed by atoms with Crippen LogP contribution in [0.25, 0.3) is 5.13 Å². The van der Waals surface area contributed by atoms with E-state index in [1.807, 2.05) is 12.3 Å². The fraction of sp³-hybridized carbons (Fsp3) is 0.286. The maximum Gasteiger partial charge on any atom is 0.211 e. The van der Waals surface area contributed by atoms with E-state index < -0.39 is 0 Å². The van der Waals surface area contributed by atoms with Gasteiger partial charge in [0.05, 0.1) is 11.4 Å². The summed E-state index contributed by atoms with van der Waals surface area (Å²) < 4.78 is 1.70. The number of thiazole rings is 1. The third-order valence-corrected chi connectivity index (χ3v) is 2.53. The van der Waals surface area contributed by atoms with Crippen LogP contribution in [0.2, 0.25) is 0 Å². The van der Waals surface area contributed by atoms with Crippen LogP contribution in [0.3, 0.4) is 0 Å². The summed E-state index contributed by atoms with van der Waals surface area (Å²) >= 11 is 1.52. The lowest BCUT2D eigenvalue weighted by Crippen LogP contribution is -2.01. The lowest BCUT2D eigenvalue weighted by molar-refractivity contribution is 0.777. The van der Waals surface area contributed by atoms with Gasteiger partial charge in [-0.2, -0.15) is 4.68 Å². The molecule has 2 aromatic rings. The van der Waals surface area contributed by atoms with Crippen molar-refractivity contribution in [1.82, 2.24) is 20.0 Å². The third kappa shape index (κ3) is 1.34. The molecule has 0 aromatic carbocycles. The van der Waals surface area contributed by atoms with Crippen molar-refractivity contribution in [3.05, 3.63) is 23.0 Å². The summed E-state index contributed by atoms with van der Waals surface area (Å²) in [4.78, 5) is 4.13. The van der Waals surface area contributed by atoms with Gasteiger partial charge in [0.1, 0.15) is 0 Å². The lowest BCUT2D eigenvalue weighted by Gasteiger charge is -1.96. The highest BCUT2D eigenvalue weighted by molar-refractivity contribution is 7.12. The lowest BCUT2D eigenvalue weighted by atomic mass is 10.3. The van der Waals surface area contributed by atoms with Gasteiger partial charge >= 0.3 is 0 Å². The second-order valence-electron chi connectivity index (χ2n) is 2.55. The number of aromatic nitrogens is 4. The molecule has 2 aromatic heterocycles. The quantitative estimate of drug-likeness (QED) is 0.757. The van der Waals surface area contributed by atoms with Crippen molar-refractivity contribution < 1.29 is 0 Å². The van der Waals surface area contributed by atoms with Crippen molar-refractivity contribution in [3.63, 3.8) is 0 Å². The smallest absolute Gasteiger partial charge is 0.211 e. The zero-order chi connectivity index (χ0) is 9.26. The van der Waals surface area contributed by atoms with Gasteiger partial charge < -0.3 is 5.73 Å². The first-order valence-corrected chi connectivity index (χ1v) is 4.72. The first-order chi connectivity index (χ1) is 6.33. The molecule has 0 bridgehead atoms. The van der Waals surface area contributed by atoms with Crippen LogP contribution in [-0.2, 0) is 6.54 Å². The summed E-state index contributed by atoms with van der Waals surface area (Å²) in [5.41, 5.74) is 7.26. The summed E-state index contributed by atoms with van der Waals surface area (Å²) in [6.45, 7) is 2.35. The molecule has 2 heterocycles. The van der Waals surface area contributed by atoms with E-state index >= 15 is 0 Å². The van der Waals surface area contributed by atoms with Crippen molar-refractivity contribution in [2.24, 2.45) is 5.73 Å². The van der Waals surface area contributed by atoms with Crippen molar-refractivity contribution in [2.75, 3.05) is 0 Å². The molecular formula is C7H9N5S. The minimum atomic E-state index is 0.414. The molecule has 0 aliphatic heterocycles. The molecule has 68 valence electrons. The molecule has 0 unspecified atom stereocenters. The SMILES string of the molecule is Cc1c(CN)nnn1-c1nccs1. The summed E-state index contributed by atoms with van der Waals surface area (Å²) in [5.74, 6) is 0. The van der Waals surface area contributed by atoms with Crippen molar-refractivity contribution in [1.29, 1.82) is 0 Å². The molecule has 0 saturated carbocycles. The fourth-order valence-electron chi connectivity index (χ4n) is 1.05. The van der Waals surface area contributed by atoms with Crippen LogP contribution in [0.1, 0.15) is 11.4 Å². The fourth-order valence-corrected chi connectivity index (χ4v) is 1.69. The van der Waals surface area contributed by atoms with E-state index in [4.69, 9.17) is 5.73 Å². The average molecular weight is 195 g/mol. The second kappa shape index (κ2) is 3.23. The summed E-state index contributed by atoms with van der Waals surface area (Å²) in [7, 11) is 0. The van der Waals surface area contributed by atoms with Gasteiger partial charge in [-0.15, -0.1) is 16.4 Å². The van der Waals surface area contributed by atoms with E-state index in [9.17, 15) is 0 Å². The Morgan fingerprint density at radius 3 is 3.00 bits per heavy atom. The van der Waals surface area contributed by atoms with Gasteiger partial charge in [0.15, 0.2) is 0 Å². The second-order valence-corrected chi connectivity index (χ2v) is 3.43. The van der Waals surface area contributed by atoms with Crippen LogP contribution < -0.4 is 5.73 Å². The Hall–Kier alpha value is -1.27. The minimum absolute atomic E-state index is 0.414. The third-order valence-electron chi connectivity index (χ3n) is 1.78. The Bertz CT molecular complexity index is 391. The van der Waals surface area contributed by atoms with Gasteiger partial charge in [-0.25, -0.2) is 4.98 Å². The zero-order valence-corrected chi connectivity index (χ0v) is 7.95. The number of hydrogen-bond acceptors (Lipinski definition) is 5. The predicted octanol–water partition coefficient (Wildman–Crippen LogP) is 0.491. The van der Waals surface area contributed by atoms with E-state index in [1.165, 1.54) is 11.3 Å². The molecule has 0 radical (unpaired) electrons. The molecule has 0 saturated heterocycles. The van der Waals surface area contributed by atoms with E-state index in [-0.39, 0.29) is 0 Å². The van der Waals surface area contributed by atoms with Crippen molar-refractivity contribution >= 4 is 11.3 Å². The van der Waals surface area contributed by atoms with Crippen LogP contribution in [0.15, 0.2) is 11.6 Å².